The van der Waals surface area contributed by atoms with E-state index in [1.807, 2.05) is 0 Å². The molecule has 0 saturated heterocycles. The van der Waals surface area contributed by atoms with Gasteiger partial charge in [-0.1, -0.05) is 63.8 Å². The highest BCUT2D eigenvalue weighted by Crippen LogP contribution is 2.50. The van der Waals surface area contributed by atoms with Crippen LogP contribution < -0.4 is 5.32 Å². The number of carbonyl (C=O) groups excluding carboxylic acids is 1. The summed E-state index contributed by atoms with van der Waals surface area (Å²) in [6, 6.07) is 10.1. The normalized spacial score (nSPS) is 17.9. The van der Waals surface area contributed by atoms with Gasteiger partial charge in [-0.25, -0.2) is 4.39 Å². The van der Waals surface area contributed by atoms with Crippen LogP contribution >= 0.6 is 23.2 Å². The van der Waals surface area contributed by atoms with Crippen molar-refractivity contribution in [1.29, 1.82) is 0 Å². The summed E-state index contributed by atoms with van der Waals surface area (Å²) in [5.74, 6) is -2.00. The van der Waals surface area contributed by atoms with E-state index in [4.69, 9.17) is 28.0 Å². The first kappa shape index (κ1) is 29.4. The molecule has 0 saturated carbocycles. The summed E-state index contributed by atoms with van der Waals surface area (Å²) in [5, 5.41) is 7.87. The number of rotatable bonds is 6. The van der Waals surface area contributed by atoms with Crippen LogP contribution in [-0.4, -0.2) is 43.3 Å². The minimum Gasteiger partial charge on any atom is -0.399 e. The molecular formula is C25H16Cl2F7N3O3. The Morgan fingerprint density at radius 1 is 1.07 bits per heavy atom. The van der Waals surface area contributed by atoms with Crippen molar-refractivity contribution >= 4 is 51.3 Å². The summed E-state index contributed by atoms with van der Waals surface area (Å²) in [6.07, 6.45) is -10.8. The van der Waals surface area contributed by atoms with E-state index in [0.29, 0.717) is 0 Å². The van der Waals surface area contributed by atoms with Gasteiger partial charge >= 0.3 is 12.4 Å². The van der Waals surface area contributed by atoms with Crippen molar-refractivity contribution in [1.82, 2.24) is 5.32 Å². The topological polar surface area (TPSA) is 72.3 Å². The van der Waals surface area contributed by atoms with Gasteiger partial charge in [0.2, 0.25) is 0 Å². The molecule has 212 valence electrons. The molecule has 0 bridgehead atoms. The number of hydrogen-bond donors (Lipinski definition) is 1. The van der Waals surface area contributed by atoms with Crippen LogP contribution in [0.3, 0.4) is 0 Å². The van der Waals surface area contributed by atoms with Gasteiger partial charge in [0, 0.05) is 23.1 Å². The monoisotopic (exact) mass is 609 g/mol. The van der Waals surface area contributed by atoms with Crippen molar-refractivity contribution in [3.8, 4) is 0 Å². The van der Waals surface area contributed by atoms with E-state index in [1.54, 1.807) is 6.07 Å². The minimum atomic E-state index is -5.04. The van der Waals surface area contributed by atoms with Crippen LogP contribution in [0.4, 0.5) is 30.7 Å². The van der Waals surface area contributed by atoms with E-state index < -0.39 is 64.0 Å². The molecule has 1 atom stereocenters. The maximum Gasteiger partial charge on any atom is 0.435 e. The third-order valence-electron chi connectivity index (χ3n) is 6.06. The zero-order valence-electron chi connectivity index (χ0n) is 20.1. The minimum absolute atomic E-state index is 0.0583. The fourth-order valence-corrected chi connectivity index (χ4v) is 4.63. The third-order valence-corrected chi connectivity index (χ3v) is 6.61. The fraction of sp³-hybridized carbons (Fsp3) is 0.240. The standard InChI is InChI=1S/C25H16Cl2F7N3O3/c1-39-37-20(24(29,30)31)11-35-22(38)16-7-6-15(13-4-2-3-5-14(13)16)19-10-23(40-36-19,25(32,33)34)12-8-17(26)21(28)18(27)9-12/h2-9H,10-11H2,1H3,(H,35,38)/b37-20-. The van der Waals surface area contributed by atoms with Crippen LogP contribution in [0.5, 0.6) is 0 Å². The Bertz CT molecular complexity index is 1520. The Labute approximate surface area is 231 Å². The maximum absolute atomic E-state index is 14.4. The molecule has 3 aromatic carbocycles. The van der Waals surface area contributed by atoms with E-state index in [0.717, 1.165) is 19.2 Å². The van der Waals surface area contributed by atoms with Gasteiger partial charge in [-0.3, -0.25) is 4.79 Å². The van der Waals surface area contributed by atoms with Crippen LogP contribution in [0, 0.1) is 5.82 Å². The van der Waals surface area contributed by atoms with Gasteiger partial charge in [-0.05, 0) is 29.0 Å². The molecule has 0 fully saturated rings. The molecule has 0 aliphatic carbocycles. The Kier molecular flexibility index (Phi) is 7.92. The molecule has 0 aromatic heterocycles. The van der Waals surface area contributed by atoms with Crippen molar-refractivity contribution in [2.75, 3.05) is 13.7 Å². The molecule has 40 heavy (non-hydrogen) atoms. The van der Waals surface area contributed by atoms with Gasteiger partial charge in [-0.15, -0.1) is 0 Å². The number of benzene rings is 3. The second-order valence-corrected chi connectivity index (χ2v) is 9.31. The molecule has 1 heterocycles. The predicted octanol–water partition coefficient (Wildman–Crippen LogP) is 7.16. The Hall–Kier alpha value is -3.58. The van der Waals surface area contributed by atoms with Crippen LogP contribution in [0.1, 0.15) is 27.9 Å². The van der Waals surface area contributed by atoms with Gasteiger partial charge in [-0.2, -0.15) is 26.3 Å². The van der Waals surface area contributed by atoms with Crippen molar-refractivity contribution in [3.05, 3.63) is 81.1 Å². The number of nitrogens with one attached hydrogen (secondary N) is 1. The van der Waals surface area contributed by atoms with E-state index in [2.05, 4.69) is 20.5 Å². The molecule has 1 amide bonds. The molecule has 1 unspecified atom stereocenters. The predicted molar refractivity (Wildman–Crippen MR) is 133 cm³/mol. The average Bonchev–Trinajstić information content (AvgIpc) is 3.35. The highest BCUT2D eigenvalue weighted by Gasteiger charge is 2.62. The number of alkyl halides is 6. The average molecular weight is 610 g/mol. The second kappa shape index (κ2) is 10.8. The van der Waals surface area contributed by atoms with Gasteiger partial charge in [0.25, 0.3) is 11.5 Å². The van der Waals surface area contributed by atoms with E-state index in [9.17, 15) is 35.5 Å². The van der Waals surface area contributed by atoms with Crippen molar-refractivity contribution in [2.24, 2.45) is 10.3 Å². The summed E-state index contributed by atoms with van der Waals surface area (Å²) in [4.78, 5) is 22.0. The van der Waals surface area contributed by atoms with Crippen LogP contribution in [0.15, 0.2) is 58.8 Å². The molecule has 1 aliphatic rings. The largest absolute Gasteiger partial charge is 0.435 e. The van der Waals surface area contributed by atoms with Crippen LogP contribution in [0.2, 0.25) is 10.0 Å². The molecule has 0 radical (unpaired) electrons. The number of hydrogen-bond acceptors (Lipinski definition) is 5. The lowest BCUT2D eigenvalue weighted by molar-refractivity contribution is -0.275. The molecule has 3 aromatic rings. The smallest absolute Gasteiger partial charge is 0.399 e. The first-order valence-corrected chi connectivity index (χ1v) is 11.9. The zero-order chi connectivity index (χ0) is 29.5. The van der Waals surface area contributed by atoms with Gasteiger partial charge in [0.1, 0.15) is 7.11 Å². The maximum atomic E-state index is 14.4. The molecule has 1 aliphatic heterocycles. The van der Waals surface area contributed by atoms with E-state index in [-0.39, 0.29) is 27.6 Å². The highest BCUT2D eigenvalue weighted by molar-refractivity contribution is 6.35. The highest BCUT2D eigenvalue weighted by atomic mass is 35.5. The first-order chi connectivity index (χ1) is 18.7. The van der Waals surface area contributed by atoms with Crippen molar-refractivity contribution in [2.45, 2.75) is 24.4 Å². The number of carbonyl (C=O) groups is 1. The van der Waals surface area contributed by atoms with E-state index >= 15 is 0 Å². The van der Waals surface area contributed by atoms with Crippen molar-refractivity contribution < 1.29 is 45.2 Å². The second-order valence-electron chi connectivity index (χ2n) is 8.49. The lowest BCUT2D eigenvalue weighted by Gasteiger charge is -2.29. The van der Waals surface area contributed by atoms with Crippen LogP contribution in [0.25, 0.3) is 10.8 Å². The number of amides is 1. The number of oxime groups is 2. The quantitative estimate of drug-likeness (QED) is 0.139. The van der Waals surface area contributed by atoms with Gasteiger partial charge < -0.3 is 15.0 Å². The summed E-state index contributed by atoms with van der Waals surface area (Å²) >= 11 is 11.5. The Morgan fingerprint density at radius 2 is 1.70 bits per heavy atom. The molecule has 0 spiro atoms. The Morgan fingerprint density at radius 3 is 2.27 bits per heavy atom. The van der Waals surface area contributed by atoms with Gasteiger partial charge in [0.05, 0.1) is 22.3 Å². The third kappa shape index (κ3) is 5.39. The summed E-state index contributed by atoms with van der Waals surface area (Å²) in [6.45, 7) is -0.996. The molecule has 1 N–H and O–H groups in total. The van der Waals surface area contributed by atoms with E-state index in [1.165, 1.54) is 30.3 Å². The zero-order valence-corrected chi connectivity index (χ0v) is 21.6. The summed E-state index contributed by atoms with van der Waals surface area (Å²) in [7, 11) is 0.919. The summed E-state index contributed by atoms with van der Waals surface area (Å²) in [5.41, 5.74) is -5.06. The molecule has 4 rings (SSSR count). The lowest BCUT2D eigenvalue weighted by Crippen LogP contribution is -2.42. The summed E-state index contributed by atoms with van der Waals surface area (Å²) < 4.78 is 96.3. The molecule has 6 nitrogen and oxygen atoms in total. The molecule has 15 heteroatoms. The number of fused-ring (bicyclic) bond motifs is 1. The lowest BCUT2D eigenvalue weighted by atomic mass is 9.85. The SMILES string of the molecule is CO/N=C(/CNC(=O)c1ccc(C2=NOC(c3cc(Cl)c(F)c(Cl)c3)(C(F)(F)F)C2)c2ccccc12)C(F)(F)F. The van der Waals surface area contributed by atoms with Crippen LogP contribution in [-0.2, 0) is 15.3 Å². The number of halogens is 9. The molecular weight excluding hydrogens is 594 g/mol. The van der Waals surface area contributed by atoms with Crippen molar-refractivity contribution in [3.63, 3.8) is 0 Å². The Balaban J connectivity index is 1.70. The fourth-order valence-electron chi connectivity index (χ4n) is 4.14. The van der Waals surface area contributed by atoms with Gasteiger partial charge in [0.15, 0.2) is 11.5 Å². The number of nitrogens with zero attached hydrogens (tertiary/aromatic N) is 2. The first-order valence-electron chi connectivity index (χ1n) is 11.1.